The number of nitrogens with zero attached hydrogens (tertiary/aromatic N) is 1. The minimum atomic E-state index is -0.281. The summed E-state index contributed by atoms with van der Waals surface area (Å²) >= 11 is 6.56. The lowest BCUT2D eigenvalue weighted by atomic mass is 10.2. The molecule has 0 atom stereocenters. The number of phenolic OH excluding ortho intramolecular Hbond substituents is 1. The number of hydrogen-bond donors (Lipinski definition) is 3. The quantitative estimate of drug-likeness (QED) is 0.489. The van der Waals surface area contributed by atoms with E-state index in [4.69, 9.17) is 0 Å². The predicted octanol–water partition coefficient (Wildman–Crippen LogP) is 3.79. The summed E-state index contributed by atoms with van der Waals surface area (Å²) in [6.07, 6.45) is 1.38. The molecule has 2 aromatic carbocycles. The molecule has 120 valence electrons. The summed E-state index contributed by atoms with van der Waals surface area (Å²) in [6.45, 7) is 2.09. The SMILES string of the molecule is Cc1cccc(NCC(=O)N/N=C/c2cc(Br)cc(Br)c2O)c1. The van der Waals surface area contributed by atoms with E-state index >= 15 is 0 Å². The third-order valence-electron chi connectivity index (χ3n) is 2.92. The molecule has 0 aromatic heterocycles. The Bertz CT molecular complexity index is 748. The topological polar surface area (TPSA) is 73.7 Å². The molecule has 0 unspecified atom stereocenters. The number of halogens is 2. The third kappa shape index (κ3) is 5.37. The number of benzene rings is 2. The van der Waals surface area contributed by atoms with E-state index in [-0.39, 0.29) is 18.2 Å². The zero-order valence-electron chi connectivity index (χ0n) is 12.3. The number of nitrogens with one attached hydrogen (secondary N) is 2. The summed E-state index contributed by atoms with van der Waals surface area (Å²) in [4.78, 5) is 11.7. The number of phenols is 1. The number of aromatic hydroxyl groups is 1. The molecule has 0 spiro atoms. The second-order valence-corrected chi connectivity index (χ2v) is 6.61. The molecule has 0 saturated carbocycles. The highest BCUT2D eigenvalue weighted by atomic mass is 79.9. The van der Waals surface area contributed by atoms with Gasteiger partial charge in [-0.1, -0.05) is 28.1 Å². The smallest absolute Gasteiger partial charge is 0.259 e. The molecule has 1 amide bonds. The Kier molecular flexibility index (Phi) is 6.18. The van der Waals surface area contributed by atoms with E-state index in [1.54, 1.807) is 12.1 Å². The molecule has 0 bridgehead atoms. The first kappa shape index (κ1) is 17.5. The van der Waals surface area contributed by atoms with Crippen LogP contribution >= 0.6 is 31.9 Å². The van der Waals surface area contributed by atoms with Gasteiger partial charge in [-0.15, -0.1) is 0 Å². The number of aryl methyl sites for hydroxylation is 1. The molecule has 7 heteroatoms. The van der Waals surface area contributed by atoms with Crippen molar-refractivity contribution in [1.82, 2.24) is 5.43 Å². The van der Waals surface area contributed by atoms with Crippen molar-refractivity contribution < 1.29 is 9.90 Å². The molecule has 2 rings (SSSR count). The summed E-state index contributed by atoms with van der Waals surface area (Å²) in [7, 11) is 0. The number of hydrogen-bond acceptors (Lipinski definition) is 4. The van der Waals surface area contributed by atoms with Gasteiger partial charge in [-0.2, -0.15) is 5.10 Å². The lowest BCUT2D eigenvalue weighted by Gasteiger charge is -2.06. The highest BCUT2D eigenvalue weighted by Crippen LogP contribution is 2.30. The number of amides is 1. The number of carbonyl (C=O) groups excluding carboxylic acids is 1. The van der Waals surface area contributed by atoms with Crippen molar-refractivity contribution in [3.63, 3.8) is 0 Å². The van der Waals surface area contributed by atoms with Crippen LogP contribution < -0.4 is 10.7 Å². The maximum absolute atomic E-state index is 11.7. The summed E-state index contributed by atoms with van der Waals surface area (Å²) < 4.78 is 1.33. The first-order valence-electron chi connectivity index (χ1n) is 6.76. The first-order valence-corrected chi connectivity index (χ1v) is 8.35. The van der Waals surface area contributed by atoms with Gasteiger partial charge in [0.15, 0.2) is 0 Å². The molecular weight excluding hydrogens is 426 g/mol. The number of anilines is 1. The average molecular weight is 441 g/mol. The maximum Gasteiger partial charge on any atom is 0.259 e. The fourth-order valence-corrected chi connectivity index (χ4v) is 3.09. The molecule has 2 aromatic rings. The minimum absolute atomic E-state index is 0.0593. The minimum Gasteiger partial charge on any atom is -0.506 e. The molecule has 0 saturated heterocycles. The standard InChI is InChI=1S/C16H15Br2N3O2/c1-10-3-2-4-13(5-10)19-9-15(22)21-20-8-11-6-12(17)7-14(18)16(11)23/h2-8,19,23H,9H2,1H3,(H,21,22)/b20-8+. The van der Waals surface area contributed by atoms with Gasteiger partial charge in [0, 0.05) is 15.7 Å². The van der Waals surface area contributed by atoms with Crippen molar-refractivity contribution >= 4 is 49.7 Å². The molecule has 0 heterocycles. The fraction of sp³-hybridized carbons (Fsp3) is 0.125. The highest BCUT2D eigenvalue weighted by Gasteiger charge is 2.05. The van der Waals surface area contributed by atoms with Crippen molar-refractivity contribution in [3.05, 3.63) is 56.5 Å². The molecule has 3 N–H and O–H groups in total. The van der Waals surface area contributed by atoms with Crippen LogP contribution in [-0.2, 0) is 4.79 Å². The van der Waals surface area contributed by atoms with Crippen LogP contribution in [0, 0.1) is 6.92 Å². The van der Waals surface area contributed by atoms with Crippen molar-refractivity contribution in [3.8, 4) is 5.75 Å². The monoisotopic (exact) mass is 439 g/mol. The van der Waals surface area contributed by atoms with Crippen molar-refractivity contribution in [2.75, 3.05) is 11.9 Å². The Morgan fingerprint density at radius 1 is 1.30 bits per heavy atom. The average Bonchev–Trinajstić information content (AvgIpc) is 2.50. The second kappa shape index (κ2) is 8.12. The second-order valence-electron chi connectivity index (χ2n) is 4.84. The van der Waals surface area contributed by atoms with E-state index < -0.39 is 0 Å². The lowest BCUT2D eigenvalue weighted by molar-refractivity contribution is -0.119. The van der Waals surface area contributed by atoms with Crippen LogP contribution in [0.2, 0.25) is 0 Å². The van der Waals surface area contributed by atoms with Gasteiger partial charge in [-0.25, -0.2) is 5.43 Å². The van der Waals surface area contributed by atoms with Gasteiger partial charge in [0.1, 0.15) is 5.75 Å². The number of carbonyl (C=O) groups is 1. The van der Waals surface area contributed by atoms with Crippen molar-refractivity contribution in [2.24, 2.45) is 5.10 Å². The van der Waals surface area contributed by atoms with E-state index in [0.717, 1.165) is 15.7 Å². The van der Waals surface area contributed by atoms with Crippen LogP contribution in [-0.4, -0.2) is 23.8 Å². The Morgan fingerprint density at radius 2 is 2.09 bits per heavy atom. The summed E-state index contributed by atoms with van der Waals surface area (Å²) in [5.41, 5.74) is 4.88. The summed E-state index contributed by atoms with van der Waals surface area (Å²) in [5.74, 6) is -0.222. The molecule has 0 aliphatic carbocycles. The van der Waals surface area contributed by atoms with Crippen molar-refractivity contribution in [2.45, 2.75) is 6.92 Å². The predicted molar refractivity (Wildman–Crippen MR) is 98.9 cm³/mol. The van der Waals surface area contributed by atoms with E-state index in [1.807, 2.05) is 31.2 Å². The van der Waals surface area contributed by atoms with Gasteiger partial charge in [0.25, 0.3) is 5.91 Å². The van der Waals surface area contributed by atoms with E-state index in [2.05, 4.69) is 47.7 Å². The molecule has 0 fully saturated rings. The van der Waals surface area contributed by atoms with Crippen LogP contribution in [0.3, 0.4) is 0 Å². The van der Waals surface area contributed by atoms with E-state index in [1.165, 1.54) is 6.21 Å². The van der Waals surface area contributed by atoms with Crippen LogP contribution in [0.15, 0.2) is 50.4 Å². The molecule has 23 heavy (non-hydrogen) atoms. The van der Waals surface area contributed by atoms with Gasteiger partial charge in [0.05, 0.1) is 17.2 Å². The third-order valence-corrected chi connectivity index (χ3v) is 3.98. The van der Waals surface area contributed by atoms with Gasteiger partial charge >= 0.3 is 0 Å². The molecule has 0 radical (unpaired) electrons. The van der Waals surface area contributed by atoms with Gasteiger partial charge in [-0.05, 0) is 52.7 Å². The van der Waals surface area contributed by atoms with Crippen molar-refractivity contribution in [1.29, 1.82) is 0 Å². The molecule has 0 aliphatic rings. The summed E-state index contributed by atoms with van der Waals surface area (Å²) in [5, 5.41) is 16.7. The zero-order chi connectivity index (χ0) is 16.8. The number of hydrazone groups is 1. The Morgan fingerprint density at radius 3 is 2.83 bits per heavy atom. The zero-order valence-corrected chi connectivity index (χ0v) is 15.5. The van der Waals surface area contributed by atoms with E-state index in [9.17, 15) is 9.90 Å². The number of rotatable bonds is 5. The van der Waals surface area contributed by atoms with Crippen LogP contribution in [0.4, 0.5) is 5.69 Å². The molecule has 0 aliphatic heterocycles. The van der Waals surface area contributed by atoms with Gasteiger partial charge in [-0.3, -0.25) is 4.79 Å². The van der Waals surface area contributed by atoms with Crippen LogP contribution in [0.25, 0.3) is 0 Å². The molecular formula is C16H15Br2N3O2. The Balaban J connectivity index is 1.89. The largest absolute Gasteiger partial charge is 0.506 e. The Labute approximate surface area is 151 Å². The Hall–Kier alpha value is -1.86. The van der Waals surface area contributed by atoms with Crippen LogP contribution in [0.1, 0.15) is 11.1 Å². The first-order chi connectivity index (χ1) is 11.0. The van der Waals surface area contributed by atoms with Crippen LogP contribution in [0.5, 0.6) is 5.75 Å². The maximum atomic E-state index is 11.7. The van der Waals surface area contributed by atoms with E-state index in [0.29, 0.717) is 10.0 Å². The fourth-order valence-electron chi connectivity index (χ4n) is 1.84. The van der Waals surface area contributed by atoms with Gasteiger partial charge < -0.3 is 10.4 Å². The normalized spacial score (nSPS) is 10.7. The highest BCUT2D eigenvalue weighted by molar-refractivity contribution is 9.11. The summed E-state index contributed by atoms with van der Waals surface area (Å²) in [6, 6.07) is 11.2. The lowest BCUT2D eigenvalue weighted by Crippen LogP contribution is -2.25. The molecule has 5 nitrogen and oxygen atoms in total. The van der Waals surface area contributed by atoms with Gasteiger partial charge in [0.2, 0.25) is 0 Å².